The molecule has 0 heterocycles. The van der Waals surface area contributed by atoms with Gasteiger partial charge in [-0.1, -0.05) is 36.5 Å². The molecule has 0 aliphatic heterocycles. The van der Waals surface area contributed by atoms with E-state index < -0.39 is 0 Å². The highest BCUT2D eigenvalue weighted by Gasteiger charge is 2.09. The molecule has 0 spiro atoms. The van der Waals surface area contributed by atoms with E-state index in [2.05, 4.69) is 19.2 Å². The molecule has 0 aromatic heterocycles. The number of hydrogen-bond acceptors (Lipinski definition) is 2. The third-order valence-corrected chi connectivity index (χ3v) is 2.77. The van der Waals surface area contributed by atoms with Gasteiger partial charge in [0.25, 0.3) is 0 Å². The molecule has 0 amide bonds. The monoisotopic (exact) mass is 246 g/mol. The third kappa shape index (κ3) is 3.47. The first-order valence-electron chi connectivity index (χ1n) is 5.05. The van der Waals surface area contributed by atoms with Crippen molar-refractivity contribution in [3.63, 3.8) is 0 Å². The van der Waals surface area contributed by atoms with E-state index in [0.717, 1.165) is 18.5 Å². The van der Waals surface area contributed by atoms with E-state index in [9.17, 15) is 0 Å². The van der Waals surface area contributed by atoms with E-state index in [4.69, 9.17) is 28.9 Å². The van der Waals surface area contributed by atoms with Gasteiger partial charge in [-0.15, -0.1) is 0 Å². The van der Waals surface area contributed by atoms with Crippen molar-refractivity contribution >= 4 is 34.6 Å². The second kappa shape index (κ2) is 5.47. The summed E-state index contributed by atoms with van der Waals surface area (Å²) in [5.41, 5.74) is 6.98. The molecule has 2 nitrogen and oxygen atoms in total. The van der Waals surface area contributed by atoms with Crippen LogP contribution in [0.5, 0.6) is 0 Å². The molecule has 0 radical (unpaired) electrons. The number of nitrogens with one attached hydrogen (secondary N) is 1. The molecule has 84 valence electrons. The number of nitrogens with two attached hydrogens (primary N) is 1. The summed E-state index contributed by atoms with van der Waals surface area (Å²) in [5.74, 6) is 0. The smallest absolute Gasteiger partial charge is 0.0722 e. The Hall–Kier alpha value is -0.600. The Bertz CT molecular complexity index is 316. The highest BCUT2D eigenvalue weighted by molar-refractivity contribution is 6.39. The standard InChI is InChI=1S/C11H16Cl2N2/c1-3-4-7(2)15-11-9(12)5-8(14)6-10(11)13/h5-7,15H,3-4,14H2,1-2H3. The van der Waals surface area contributed by atoms with Crippen molar-refractivity contribution in [2.45, 2.75) is 32.7 Å². The zero-order valence-electron chi connectivity index (χ0n) is 8.98. The summed E-state index contributed by atoms with van der Waals surface area (Å²) >= 11 is 12.1. The minimum Gasteiger partial charge on any atom is -0.399 e. The van der Waals surface area contributed by atoms with Gasteiger partial charge in [-0.25, -0.2) is 0 Å². The van der Waals surface area contributed by atoms with Gasteiger partial charge >= 0.3 is 0 Å². The first-order valence-corrected chi connectivity index (χ1v) is 5.81. The lowest BCUT2D eigenvalue weighted by Crippen LogP contribution is -2.15. The van der Waals surface area contributed by atoms with Gasteiger partial charge in [0, 0.05) is 11.7 Å². The Morgan fingerprint density at radius 3 is 2.33 bits per heavy atom. The zero-order chi connectivity index (χ0) is 11.4. The van der Waals surface area contributed by atoms with Crippen molar-refractivity contribution in [1.29, 1.82) is 0 Å². The number of rotatable bonds is 4. The molecule has 0 fully saturated rings. The van der Waals surface area contributed by atoms with Crippen LogP contribution in [0.2, 0.25) is 10.0 Å². The van der Waals surface area contributed by atoms with Crippen LogP contribution in [0.3, 0.4) is 0 Å². The molecule has 0 aliphatic carbocycles. The summed E-state index contributed by atoms with van der Waals surface area (Å²) in [7, 11) is 0. The molecule has 0 bridgehead atoms. The predicted octanol–water partition coefficient (Wildman–Crippen LogP) is 4.18. The summed E-state index contributed by atoms with van der Waals surface area (Å²) in [6, 6.07) is 3.76. The van der Waals surface area contributed by atoms with E-state index >= 15 is 0 Å². The second-order valence-corrected chi connectivity index (χ2v) is 4.51. The topological polar surface area (TPSA) is 38.0 Å². The molecule has 4 heteroatoms. The highest BCUT2D eigenvalue weighted by Crippen LogP contribution is 2.33. The van der Waals surface area contributed by atoms with Crippen LogP contribution < -0.4 is 11.1 Å². The molecule has 1 aromatic rings. The fourth-order valence-corrected chi connectivity index (χ4v) is 2.10. The molecule has 0 saturated heterocycles. The van der Waals surface area contributed by atoms with E-state index in [-0.39, 0.29) is 0 Å². The maximum atomic E-state index is 6.05. The lowest BCUT2D eigenvalue weighted by Gasteiger charge is -2.17. The lowest BCUT2D eigenvalue weighted by atomic mass is 10.2. The fraction of sp³-hybridized carbons (Fsp3) is 0.455. The van der Waals surface area contributed by atoms with Crippen LogP contribution in [0.15, 0.2) is 12.1 Å². The molecule has 1 aromatic carbocycles. The van der Waals surface area contributed by atoms with Crippen molar-refractivity contribution in [3.8, 4) is 0 Å². The Morgan fingerprint density at radius 1 is 1.33 bits per heavy atom. The Balaban J connectivity index is 2.85. The van der Waals surface area contributed by atoms with Crippen molar-refractivity contribution in [1.82, 2.24) is 0 Å². The lowest BCUT2D eigenvalue weighted by molar-refractivity contribution is 0.690. The van der Waals surface area contributed by atoms with E-state index in [1.165, 1.54) is 0 Å². The fourth-order valence-electron chi connectivity index (χ4n) is 1.48. The molecule has 15 heavy (non-hydrogen) atoms. The van der Waals surface area contributed by atoms with E-state index in [1.807, 2.05) is 0 Å². The van der Waals surface area contributed by atoms with Gasteiger partial charge in [-0.3, -0.25) is 0 Å². The van der Waals surface area contributed by atoms with Crippen molar-refractivity contribution in [2.24, 2.45) is 0 Å². The van der Waals surface area contributed by atoms with Gasteiger partial charge in [0.1, 0.15) is 0 Å². The van der Waals surface area contributed by atoms with Crippen LogP contribution >= 0.6 is 23.2 Å². The van der Waals surface area contributed by atoms with Crippen molar-refractivity contribution in [2.75, 3.05) is 11.1 Å². The third-order valence-electron chi connectivity index (χ3n) is 2.18. The second-order valence-electron chi connectivity index (χ2n) is 3.69. The SMILES string of the molecule is CCCC(C)Nc1c(Cl)cc(N)cc1Cl. The number of hydrogen-bond donors (Lipinski definition) is 2. The van der Waals surface area contributed by atoms with Crippen LogP contribution in [0, 0.1) is 0 Å². The van der Waals surface area contributed by atoms with Gasteiger partial charge in [0.05, 0.1) is 15.7 Å². The quantitative estimate of drug-likeness (QED) is 0.783. The molecule has 0 saturated carbocycles. The number of halogens is 2. The van der Waals surface area contributed by atoms with E-state index in [0.29, 0.717) is 21.8 Å². The maximum Gasteiger partial charge on any atom is 0.0722 e. The number of benzene rings is 1. The molecule has 0 aliphatic rings. The van der Waals surface area contributed by atoms with Crippen LogP contribution in [-0.2, 0) is 0 Å². The average Bonchev–Trinajstić information content (AvgIpc) is 2.11. The molecular weight excluding hydrogens is 231 g/mol. The molecule has 1 rings (SSSR count). The number of anilines is 2. The highest BCUT2D eigenvalue weighted by atomic mass is 35.5. The molecule has 3 N–H and O–H groups in total. The van der Waals surface area contributed by atoms with Crippen molar-refractivity contribution < 1.29 is 0 Å². The first-order chi connectivity index (χ1) is 7.04. The van der Waals surface area contributed by atoms with Gasteiger partial charge in [0.2, 0.25) is 0 Å². The molecule has 1 atom stereocenters. The van der Waals surface area contributed by atoms with Gasteiger partial charge in [-0.2, -0.15) is 0 Å². The Kier molecular flexibility index (Phi) is 4.55. The van der Waals surface area contributed by atoms with Gasteiger partial charge < -0.3 is 11.1 Å². The van der Waals surface area contributed by atoms with Gasteiger partial charge in [0.15, 0.2) is 0 Å². The summed E-state index contributed by atoms with van der Waals surface area (Å²) in [6.45, 7) is 4.25. The van der Waals surface area contributed by atoms with Crippen molar-refractivity contribution in [3.05, 3.63) is 22.2 Å². The minimum absolute atomic E-state index is 0.355. The van der Waals surface area contributed by atoms with Crippen LogP contribution in [0.4, 0.5) is 11.4 Å². The zero-order valence-corrected chi connectivity index (χ0v) is 10.5. The predicted molar refractivity (Wildman–Crippen MR) is 68.9 cm³/mol. The Morgan fingerprint density at radius 2 is 1.87 bits per heavy atom. The summed E-state index contributed by atoms with van der Waals surface area (Å²) in [4.78, 5) is 0. The van der Waals surface area contributed by atoms with Gasteiger partial charge in [-0.05, 0) is 25.5 Å². The maximum absolute atomic E-state index is 6.05. The summed E-state index contributed by atoms with van der Waals surface area (Å²) in [5, 5.41) is 4.43. The first kappa shape index (κ1) is 12.5. The van der Waals surface area contributed by atoms with Crippen LogP contribution in [0.25, 0.3) is 0 Å². The average molecular weight is 247 g/mol. The summed E-state index contributed by atoms with van der Waals surface area (Å²) < 4.78 is 0. The number of nitrogen functional groups attached to an aromatic ring is 1. The van der Waals surface area contributed by atoms with E-state index in [1.54, 1.807) is 12.1 Å². The largest absolute Gasteiger partial charge is 0.399 e. The normalized spacial score (nSPS) is 12.5. The Labute approximate surface area is 101 Å². The molecule has 1 unspecified atom stereocenters. The van der Waals surface area contributed by atoms with Crippen LogP contribution in [0.1, 0.15) is 26.7 Å². The summed E-state index contributed by atoms with van der Waals surface area (Å²) in [6.07, 6.45) is 2.20. The molecular formula is C11H16Cl2N2. The van der Waals surface area contributed by atoms with Crippen LogP contribution in [-0.4, -0.2) is 6.04 Å². The minimum atomic E-state index is 0.355.